The lowest BCUT2D eigenvalue weighted by Gasteiger charge is -2.34. The number of anilines is 1. The molecule has 2 bridgehead atoms. The number of ether oxygens (including phenoxy) is 3. The first-order chi connectivity index (χ1) is 31.4. The van der Waals surface area contributed by atoms with Gasteiger partial charge in [0.15, 0.2) is 23.2 Å². The van der Waals surface area contributed by atoms with Crippen LogP contribution in [0.3, 0.4) is 0 Å². The van der Waals surface area contributed by atoms with Crippen LogP contribution in [0.2, 0.25) is 0 Å². The first-order valence-corrected chi connectivity index (χ1v) is 23.5. The molecule has 1 aromatic carbocycles. The van der Waals surface area contributed by atoms with E-state index in [0.717, 1.165) is 11.5 Å². The third-order valence-electron chi connectivity index (χ3n) is 10.4. The fraction of sp³-hybridized carbons (Fsp3) is 0.459. The van der Waals surface area contributed by atoms with E-state index in [2.05, 4.69) is 44.4 Å². The van der Waals surface area contributed by atoms with Crippen molar-refractivity contribution in [2.24, 2.45) is 4.99 Å². The fourth-order valence-electron chi connectivity index (χ4n) is 7.46. The third-order valence-corrected chi connectivity index (χ3v) is 14.3. The number of benzene rings is 1. The van der Waals surface area contributed by atoms with Gasteiger partial charge in [0.05, 0.1) is 62.6 Å². The van der Waals surface area contributed by atoms with Crippen LogP contribution >= 0.6 is 27.2 Å². The molecule has 28 heteroatoms. The monoisotopic (exact) mass is 952 g/mol. The molecule has 4 aromatic heterocycles. The molecule has 9 atom stereocenters. The molecular weight excluding hydrogens is 914 g/mol. The summed E-state index contributed by atoms with van der Waals surface area (Å²) in [5.74, 6) is -0.286. The summed E-state index contributed by atoms with van der Waals surface area (Å²) in [7, 11) is -5.85. The Morgan fingerprint density at radius 2 is 1.94 bits per heavy atom. The van der Waals surface area contributed by atoms with E-state index >= 15 is 0 Å². The topological polar surface area (TPSA) is 292 Å². The highest BCUT2D eigenvalue weighted by atomic mass is 32.1. The van der Waals surface area contributed by atoms with Crippen LogP contribution in [-0.2, 0) is 50.5 Å². The molecule has 2 N–H and O–H groups in total. The molecule has 65 heavy (non-hydrogen) atoms. The van der Waals surface area contributed by atoms with Crippen molar-refractivity contribution < 1.29 is 55.3 Å². The molecule has 9 rings (SSSR count). The molecule has 4 fully saturated rings. The zero-order valence-corrected chi connectivity index (χ0v) is 36.9. The van der Waals surface area contributed by atoms with Gasteiger partial charge < -0.3 is 29.3 Å². The predicted octanol–water partition coefficient (Wildman–Crippen LogP) is 4.09. The van der Waals surface area contributed by atoms with E-state index in [1.54, 1.807) is 49.3 Å². The van der Waals surface area contributed by atoms with Crippen LogP contribution in [0.25, 0.3) is 27.0 Å². The van der Waals surface area contributed by atoms with E-state index in [9.17, 15) is 24.0 Å². The van der Waals surface area contributed by atoms with Gasteiger partial charge in [-0.3, -0.25) is 46.3 Å². The minimum absolute atomic E-state index is 0.0149. The lowest BCUT2D eigenvalue weighted by atomic mass is 10.0. The number of aromatic nitrogens is 7. The quantitative estimate of drug-likeness (QED) is 0.0585. The highest BCUT2D eigenvalue weighted by Crippen LogP contribution is 2.61. The van der Waals surface area contributed by atoms with Crippen molar-refractivity contribution in [3.8, 4) is 6.07 Å². The Bertz CT molecular complexity index is 2870. The Balaban J connectivity index is 1.03. The summed E-state index contributed by atoms with van der Waals surface area (Å²) in [6.45, 7) is 4.98. The van der Waals surface area contributed by atoms with Crippen LogP contribution < -0.4 is 10.9 Å². The van der Waals surface area contributed by atoms with Crippen molar-refractivity contribution in [1.82, 2.24) is 38.8 Å². The van der Waals surface area contributed by atoms with E-state index in [1.807, 2.05) is 6.07 Å². The van der Waals surface area contributed by atoms with E-state index < -0.39 is 82.7 Å². The van der Waals surface area contributed by atoms with Gasteiger partial charge in [0.25, 0.3) is 11.5 Å². The highest BCUT2D eigenvalue weighted by Gasteiger charge is 2.66. The van der Waals surface area contributed by atoms with Crippen LogP contribution in [0.1, 0.15) is 40.4 Å². The van der Waals surface area contributed by atoms with Gasteiger partial charge in [-0.25, -0.2) is 35.6 Å². The number of phosphoric acid groups is 2. The van der Waals surface area contributed by atoms with Crippen LogP contribution in [0.4, 0.5) is 11.8 Å². The van der Waals surface area contributed by atoms with Crippen LogP contribution in [0.5, 0.6) is 0 Å². The number of aromatic amines is 1. The van der Waals surface area contributed by atoms with E-state index in [1.165, 1.54) is 23.6 Å². The molecule has 5 aromatic rings. The number of rotatable bonds is 12. The minimum Gasteiger partial charge on any atom is -0.369 e. The van der Waals surface area contributed by atoms with E-state index in [-0.39, 0.29) is 67.7 Å². The summed E-state index contributed by atoms with van der Waals surface area (Å²) in [6, 6.07) is 10.5. The maximum atomic E-state index is 14.7. The second-order valence-electron chi connectivity index (χ2n) is 15.0. The SMILES string of the molecule is [C-]#[N+]CCOP1(=O)OC[C@@]23CO[C@@H]([C@H](n4cnc5c(=O)[nH]c(/N=C/N(C)C)nc54)O2)[C@@H]3OP(=O)(OCCC#N)OC[C@H]2O[C@@H](c3snc4c(NC(=O)c5ccccc5)ncnc34)C[C@@H]2O1. The Kier molecular flexibility index (Phi) is 12.7. The second-order valence-corrected chi connectivity index (χ2v) is 19.1. The zero-order chi connectivity index (χ0) is 45.3. The van der Waals surface area contributed by atoms with Gasteiger partial charge in [-0.15, -0.1) is 0 Å². The molecule has 0 aliphatic carbocycles. The normalized spacial score (nSPS) is 30.0. The summed E-state index contributed by atoms with van der Waals surface area (Å²) in [6.07, 6.45) is -2.97. The number of carbonyl (C=O) groups is 1. The number of nitrogens with one attached hydrogen (secondary N) is 2. The molecule has 0 saturated carbocycles. The maximum absolute atomic E-state index is 14.7. The van der Waals surface area contributed by atoms with E-state index in [0.29, 0.717) is 16.0 Å². The first-order valence-electron chi connectivity index (χ1n) is 19.8. The molecule has 340 valence electrons. The molecule has 4 aliphatic rings. The molecule has 1 amide bonds. The average molecular weight is 953 g/mol. The molecule has 4 saturated heterocycles. The minimum atomic E-state index is -4.68. The Morgan fingerprint density at radius 1 is 1.12 bits per heavy atom. The number of nitrogens with zero attached hydrogens (tertiary/aromatic N) is 10. The van der Waals surface area contributed by atoms with Crippen molar-refractivity contribution >= 4 is 73.4 Å². The lowest BCUT2D eigenvalue weighted by molar-refractivity contribution is -0.185. The summed E-state index contributed by atoms with van der Waals surface area (Å²) >= 11 is 1.03. The molecule has 0 radical (unpaired) electrons. The number of hydrogen-bond acceptors (Lipinski definition) is 21. The highest BCUT2D eigenvalue weighted by molar-refractivity contribution is 7.48. The van der Waals surface area contributed by atoms with Crippen molar-refractivity contribution in [1.29, 1.82) is 5.26 Å². The number of carbonyl (C=O) groups excluding carboxylic acids is 1. The number of nitriles is 1. The summed E-state index contributed by atoms with van der Waals surface area (Å²) < 4.78 is 90.5. The van der Waals surface area contributed by atoms with Crippen LogP contribution in [0.15, 0.2) is 52.8 Å². The van der Waals surface area contributed by atoms with Crippen molar-refractivity contribution in [3.63, 3.8) is 0 Å². The number of aliphatic imine (C=N–C) groups is 1. The van der Waals surface area contributed by atoms with Crippen molar-refractivity contribution in [2.75, 3.05) is 59.0 Å². The molecule has 25 nitrogen and oxygen atoms in total. The Hall–Kier alpha value is -5.44. The fourth-order valence-corrected chi connectivity index (χ4v) is 11.2. The third kappa shape index (κ3) is 9.09. The number of amides is 1. The molecule has 8 heterocycles. The number of phosphoric ester groups is 2. The number of H-pyrrole nitrogens is 1. The Morgan fingerprint density at radius 3 is 2.74 bits per heavy atom. The van der Waals surface area contributed by atoms with Gasteiger partial charge in [-0.05, 0) is 23.7 Å². The van der Waals surface area contributed by atoms with Gasteiger partial charge >= 0.3 is 15.6 Å². The predicted molar refractivity (Wildman–Crippen MR) is 225 cm³/mol. The van der Waals surface area contributed by atoms with Crippen molar-refractivity contribution in [3.05, 3.63) is 75.2 Å². The zero-order valence-electron chi connectivity index (χ0n) is 34.3. The van der Waals surface area contributed by atoms with Crippen molar-refractivity contribution in [2.45, 2.75) is 55.2 Å². The maximum Gasteiger partial charge on any atom is 0.475 e. The van der Waals surface area contributed by atoms with Gasteiger partial charge in [0.1, 0.15) is 54.0 Å². The molecule has 4 aliphatic heterocycles. The molecule has 2 unspecified atom stereocenters. The standard InChI is InChI=1S/C37H38N12O13P2S/c1-39-11-13-56-64(53)58-17-37-16-54-28(35(60-37)49-20-42-27-32(49)45-36(46-34(27)51)43-19-48(2)3)30(37)62-63(52,55-12-7-10-38)57-15-24-22(61-64)14-23(59-24)29-25-26(47-65-29)31(41-18-40-25)44-33(50)21-8-5-4-6-9-21/h4-6,8-9,18-20,22-24,28,30,35H,7,11-17H2,2-3H3,(H,45,46,51)(H,40,41,44,50)/b43-19+/t22-,23+,24+,28+,30-,35+,37+,63?,64?/m0/s1. The molecular formula is C37H38N12O13P2S. The van der Waals surface area contributed by atoms with Gasteiger partial charge in [-0.1, -0.05) is 18.2 Å². The van der Waals surface area contributed by atoms with Crippen LogP contribution in [0, 0.1) is 17.9 Å². The largest absolute Gasteiger partial charge is 0.475 e. The number of hydrogen-bond donors (Lipinski definition) is 2. The number of fused-ring (bicyclic) bond motifs is 3. The van der Waals surface area contributed by atoms with E-state index in [4.69, 9.17) is 47.9 Å². The smallest absolute Gasteiger partial charge is 0.369 e. The average Bonchev–Trinajstić information content (AvgIpc) is 4.13. The van der Waals surface area contributed by atoms with Gasteiger partial charge in [-0.2, -0.15) is 14.6 Å². The Labute approximate surface area is 372 Å². The van der Waals surface area contributed by atoms with Gasteiger partial charge in [0.2, 0.25) is 12.5 Å². The summed E-state index contributed by atoms with van der Waals surface area (Å²) in [4.78, 5) is 55.6. The first kappa shape index (κ1) is 44.7. The lowest BCUT2D eigenvalue weighted by Crippen LogP contribution is -2.46. The van der Waals surface area contributed by atoms with Crippen LogP contribution in [-0.4, -0.2) is 135 Å². The number of imidazole rings is 1. The second kappa shape index (κ2) is 18.4. The molecule has 0 spiro atoms. The summed E-state index contributed by atoms with van der Waals surface area (Å²) in [5, 5.41) is 12.1. The summed E-state index contributed by atoms with van der Waals surface area (Å²) in [5.41, 5.74) is -1.25. The van der Waals surface area contributed by atoms with Gasteiger partial charge in [0, 0.05) is 26.1 Å².